The molecule has 38 heavy (non-hydrogen) atoms. The highest BCUT2D eigenvalue weighted by Crippen LogP contribution is 2.30. The van der Waals surface area contributed by atoms with E-state index in [0.29, 0.717) is 29.4 Å². The van der Waals surface area contributed by atoms with E-state index in [1.807, 2.05) is 48.5 Å². The molecule has 2 heterocycles. The molecule has 0 saturated heterocycles. The van der Waals surface area contributed by atoms with Gasteiger partial charge >= 0.3 is 0 Å². The first-order valence-corrected chi connectivity index (χ1v) is 13.6. The van der Waals surface area contributed by atoms with Crippen LogP contribution < -0.4 is 5.32 Å². The number of pyridine rings is 1. The minimum Gasteiger partial charge on any atom is -0.351 e. The third-order valence-corrected chi connectivity index (χ3v) is 7.76. The average Bonchev–Trinajstić information content (AvgIpc) is 3.29. The number of rotatable bonds is 9. The van der Waals surface area contributed by atoms with Crippen molar-refractivity contribution in [3.63, 3.8) is 0 Å². The van der Waals surface area contributed by atoms with Crippen molar-refractivity contribution in [1.29, 1.82) is 0 Å². The summed E-state index contributed by atoms with van der Waals surface area (Å²) in [7, 11) is 0. The molecule has 0 fully saturated rings. The molecular formula is C30H26ClFN4OS. The lowest BCUT2D eigenvalue weighted by Crippen LogP contribution is -2.27. The molecule has 1 atom stereocenters. The van der Waals surface area contributed by atoms with Crippen LogP contribution in [0.5, 0.6) is 0 Å². The number of fused-ring (bicyclic) bond motifs is 1. The van der Waals surface area contributed by atoms with Crippen molar-refractivity contribution in [2.45, 2.75) is 30.3 Å². The Labute approximate surface area is 230 Å². The Morgan fingerprint density at radius 2 is 1.87 bits per heavy atom. The number of carbonyl (C=O) groups is 1. The molecule has 0 aliphatic rings. The van der Waals surface area contributed by atoms with E-state index < -0.39 is 0 Å². The van der Waals surface area contributed by atoms with E-state index in [4.69, 9.17) is 16.6 Å². The Morgan fingerprint density at radius 1 is 1.08 bits per heavy atom. The first kappa shape index (κ1) is 25.9. The lowest BCUT2D eigenvalue weighted by Gasteiger charge is -2.13. The number of nitrogens with zero attached hydrogens (tertiary/aromatic N) is 3. The summed E-state index contributed by atoms with van der Waals surface area (Å²) in [5.41, 5.74) is 5.44. The smallest absolute Gasteiger partial charge is 0.251 e. The van der Waals surface area contributed by atoms with Crippen LogP contribution in [0.4, 0.5) is 4.39 Å². The summed E-state index contributed by atoms with van der Waals surface area (Å²) in [6.07, 6.45) is 3.52. The summed E-state index contributed by atoms with van der Waals surface area (Å²) in [5, 5.41) is 4.24. The lowest BCUT2D eigenvalue weighted by atomic mass is 10.0. The quantitative estimate of drug-likeness (QED) is 0.201. The SMILES string of the molecule is C[C@H](CNC(=O)c1ccc(Cn2c(SCc3ccc(F)cc3Cl)nc3ccncc32)cc1)c1ccccc1. The molecule has 0 radical (unpaired) electrons. The summed E-state index contributed by atoms with van der Waals surface area (Å²) in [6, 6.07) is 24.1. The first-order chi connectivity index (χ1) is 18.5. The number of aromatic nitrogens is 3. The molecule has 0 aliphatic carbocycles. The van der Waals surface area contributed by atoms with Crippen molar-refractivity contribution in [3.05, 3.63) is 124 Å². The number of amides is 1. The van der Waals surface area contributed by atoms with Gasteiger partial charge in [0.15, 0.2) is 5.16 Å². The molecule has 5 rings (SSSR count). The third kappa shape index (κ3) is 6.06. The third-order valence-electron chi connectivity index (χ3n) is 6.38. The second kappa shape index (κ2) is 11.8. The van der Waals surface area contributed by atoms with Crippen LogP contribution in [0.2, 0.25) is 5.02 Å². The Balaban J connectivity index is 1.28. The van der Waals surface area contributed by atoms with Crippen molar-refractivity contribution in [1.82, 2.24) is 19.9 Å². The molecule has 0 saturated carbocycles. The summed E-state index contributed by atoms with van der Waals surface area (Å²) in [6.45, 7) is 3.23. The number of halogens is 2. The highest BCUT2D eigenvalue weighted by Gasteiger charge is 2.14. The van der Waals surface area contributed by atoms with E-state index in [1.54, 1.807) is 18.5 Å². The van der Waals surface area contributed by atoms with Crippen molar-refractivity contribution in [2.75, 3.05) is 6.54 Å². The Kier molecular flexibility index (Phi) is 8.05. The molecule has 192 valence electrons. The lowest BCUT2D eigenvalue weighted by molar-refractivity contribution is 0.0951. The fourth-order valence-electron chi connectivity index (χ4n) is 4.18. The molecular weight excluding hydrogens is 519 g/mol. The van der Waals surface area contributed by atoms with Crippen LogP contribution in [0.3, 0.4) is 0 Å². The molecule has 1 amide bonds. The number of benzene rings is 3. The van der Waals surface area contributed by atoms with Gasteiger partial charge in [-0.25, -0.2) is 9.37 Å². The highest BCUT2D eigenvalue weighted by atomic mass is 35.5. The summed E-state index contributed by atoms with van der Waals surface area (Å²) < 4.78 is 15.5. The topological polar surface area (TPSA) is 59.8 Å². The van der Waals surface area contributed by atoms with Crippen LogP contribution in [-0.4, -0.2) is 27.0 Å². The first-order valence-electron chi connectivity index (χ1n) is 12.3. The summed E-state index contributed by atoms with van der Waals surface area (Å²) in [4.78, 5) is 21.8. The van der Waals surface area contributed by atoms with Crippen LogP contribution >= 0.6 is 23.4 Å². The van der Waals surface area contributed by atoms with Gasteiger partial charge in [-0.05, 0) is 52.9 Å². The number of hydrogen-bond acceptors (Lipinski definition) is 4. The minimum absolute atomic E-state index is 0.0935. The summed E-state index contributed by atoms with van der Waals surface area (Å²) in [5.74, 6) is 0.327. The molecule has 0 unspecified atom stereocenters. The van der Waals surface area contributed by atoms with Crippen LogP contribution in [0.25, 0.3) is 11.0 Å². The molecule has 0 bridgehead atoms. The highest BCUT2D eigenvalue weighted by molar-refractivity contribution is 7.98. The zero-order valence-electron chi connectivity index (χ0n) is 20.8. The van der Waals surface area contributed by atoms with E-state index in [2.05, 4.69) is 33.9 Å². The van der Waals surface area contributed by atoms with Crippen molar-refractivity contribution in [3.8, 4) is 0 Å². The summed E-state index contributed by atoms with van der Waals surface area (Å²) >= 11 is 7.77. The number of carbonyl (C=O) groups excluding carboxylic acids is 1. The molecule has 1 N–H and O–H groups in total. The minimum atomic E-state index is -0.357. The van der Waals surface area contributed by atoms with Gasteiger partial charge in [0.2, 0.25) is 0 Å². The van der Waals surface area contributed by atoms with Gasteiger partial charge in [-0.1, -0.05) is 78.8 Å². The number of hydrogen-bond donors (Lipinski definition) is 1. The van der Waals surface area contributed by atoms with E-state index in [-0.39, 0.29) is 17.6 Å². The van der Waals surface area contributed by atoms with E-state index in [0.717, 1.165) is 27.3 Å². The van der Waals surface area contributed by atoms with Gasteiger partial charge < -0.3 is 9.88 Å². The van der Waals surface area contributed by atoms with E-state index in [1.165, 1.54) is 29.5 Å². The molecule has 5 aromatic rings. The van der Waals surface area contributed by atoms with Crippen molar-refractivity contribution >= 4 is 40.3 Å². The van der Waals surface area contributed by atoms with Gasteiger partial charge in [0.05, 0.1) is 23.8 Å². The molecule has 3 aromatic carbocycles. The van der Waals surface area contributed by atoms with Crippen LogP contribution in [0.1, 0.15) is 39.9 Å². The Morgan fingerprint density at radius 3 is 2.63 bits per heavy atom. The van der Waals surface area contributed by atoms with Crippen LogP contribution in [0, 0.1) is 5.82 Å². The standard InChI is InChI=1S/C30H26ClFN4OS/c1-20(22-5-3-2-4-6-22)16-34-29(37)23-9-7-21(8-10-23)18-36-28-17-33-14-13-27(28)35-30(36)38-19-24-11-12-25(32)15-26(24)31/h2-15,17,20H,16,18-19H2,1H3,(H,34,37)/t20-/m1/s1. The molecule has 5 nitrogen and oxygen atoms in total. The van der Waals surface area contributed by atoms with Crippen molar-refractivity contribution in [2.24, 2.45) is 0 Å². The van der Waals surface area contributed by atoms with Gasteiger partial charge in [0.25, 0.3) is 5.91 Å². The van der Waals surface area contributed by atoms with E-state index in [9.17, 15) is 9.18 Å². The zero-order chi connectivity index (χ0) is 26.5. The zero-order valence-corrected chi connectivity index (χ0v) is 22.3. The second-order valence-electron chi connectivity index (χ2n) is 9.09. The molecule has 0 spiro atoms. The van der Waals surface area contributed by atoms with Gasteiger partial charge in [-0.15, -0.1) is 0 Å². The molecule has 2 aromatic heterocycles. The number of imidazole rings is 1. The maximum atomic E-state index is 13.4. The molecule has 0 aliphatic heterocycles. The maximum absolute atomic E-state index is 13.4. The number of thioether (sulfide) groups is 1. The predicted molar refractivity (Wildman–Crippen MR) is 151 cm³/mol. The van der Waals surface area contributed by atoms with Crippen LogP contribution in [0.15, 0.2) is 96.4 Å². The van der Waals surface area contributed by atoms with Gasteiger partial charge in [-0.3, -0.25) is 9.78 Å². The van der Waals surface area contributed by atoms with Crippen LogP contribution in [-0.2, 0) is 12.3 Å². The maximum Gasteiger partial charge on any atom is 0.251 e. The van der Waals surface area contributed by atoms with Gasteiger partial charge in [-0.2, -0.15) is 0 Å². The second-order valence-corrected chi connectivity index (χ2v) is 10.4. The van der Waals surface area contributed by atoms with E-state index >= 15 is 0 Å². The van der Waals surface area contributed by atoms with Gasteiger partial charge in [0, 0.05) is 29.1 Å². The Hall–Kier alpha value is -3.68. The number of nitrogens with one attached hydrogen (secondary N) is 1. The monoisotopic (exact) mass is 544 g/mol. The van der Waals surface area contributed by atoms with Crippen molar-refractivity contribution < 1.29 is 9.18 Å². The average molecular weight is 545 g/mol. The Bertz CT molecular complexity index is 1560. The largest absolute Gasteiger partial charge is 0.351 e. The fourth-order valence-corrected chi connectivity index (χ4v) is 5.51. The normalized spacial score (nSPS) is 12.0. The van der Waals surface area contributed by atoms with Gasteiger partial charge in [0.1, 0.15) is 5.82 Å². The molecule has 8 heteroatoms. The fraction of sp³-hybridized carbons (Fsp3) is 0.167. The predicted octanol–water partition coefficient (Wildman–Crippen LogP) is 7.10.